The number of hydrogen-bond acceptors (Lipinski definition) is 6. The van der Waals surface area contributed by atoms with Gasteiger partial charge in [0.25, 0.3) is 5.56 Å². The summed E-state index contributed by atoms with van der Waals surface area (Å²) in [5, 5.41) is 0.800. The Morgan fingerprint density at radius 3 is 3.07 bits per heavy atom. The van der Waals surface area contributed by atoms with Crippen molar-refractivity contribution in [1.82, 2.24) is 14.9 Å². The Labute approximate surface area is 173 Å². The zero-order valence-corrected chi connectivity index (χ0v) is 17.9. The summed E-state index contributed by atoms with van der Waals surface area (Å²) in [5.74, 6) is 2.24. The highest BCUT2D eigenvalue weighted by atomic mass is 32.2. The summed E-state index contributed by atoms with van der Waals surface area (Å²) in [6.07, 6.45) is 6.05. The molecule has 1 aliphatic heterocycles. The smallest absolute Gasteiger partial charge is 0.259 e. The molecule has 0 spiro atoms. The number of likely N-dealkylation sites (N-methyl/N-ethyl adjacent to an activating group) is 1. The van der Waals surface area contributed by atoms with Crippen molar-refractivity contribution in [3.63, 3.8) is 0 Å². The number of aromatic amines is 1. The number of carbonyl (C=O) groups excluding carboxylic acids is 1. The maximum Gasteiger partial charge on any atom is 0.259 e. The molecule has 4 rings (SSSR count). The average Bonchev–Trinajstić information content (AvgIpc) is 3.40. The van der Waals surface area contributed by atoms with Gasteiger partial charge in [0.1, 0.15) is 10.7 Å². The Kier molecular flexibility index (Phi) is 6.38. The summed E-state index contributed by atoms with van der Waals surface area (Å²) >= 11 is 3.31. The number of ether oxygens (including phenoxy) is 1. The van der Waals surface area contributed by atoms with E-state index in [4.69, 9.17) is 4.74 Å². The monoisotopic (exact) mass is 421 g/mol. The Hall–Kier alpha value is -1.38. The summed E-state index contributed by atoms with van der Waals surface area (Å²) in [6.45, 7) is 4.25. The van der Waals surface area contributed by atoms with Gasteiger partial charge in [0.15, 0.2) is 0 Å². The van der Waals surface area contributed by atoms with Gasteiger partial charge >= 0.3 is 0 Å². The highest BCUT2D eigenvalue weighted by Crippen LogP contribution is 2.34. The molecule has 0 radical (unpaired) electrons. The van der Waals surface area contributed by atoms with Gasteiger partial charge in [0, 0.05) is 36.7 Å². The number of fused-ring (bicyclic) bond motifs is 3. The molecule has 1 amide bonds. The molecule has 1 saturated heterocycles. The quantitative estimate of drug-likeness (QED) is 0.663. The minimum absolute atomic E-state index is 0.00945. The van der Waals surface area contributed by atoms with E-state index in [0.29, 0.717) is 24.5 Å². The zero-order chi connectivity index (χ0) is 19.5. The third-order valence-corrected chi connectivity index (χ3v) is 7.66. The molecular weight excluding hydrogens is 394 g/mol. The molecule has 3 heterocycles. The molecule has 1 unspecified atom stereocenters. The molecule has 2 aromatic rings. The number of nitrogens with one attached hydrogen (secondary N) is 1. The number of thioether (sulfide) groups is 1. The molecule has 1 N–H and O–H groups in total. The lowest BCUT2D eigenvalue weighted by atomic mass is 10.2. The van der Waals surface area contributed by atoms with Gasteiger partial charge in [-0.15, -0.1) is 11.3 Å². The van der Waals surface area contributed by atoms with Crippen LogP contribution in [0.3, 0.4) is 0 Å². The van der Waals surface area contributed by atoms with Crippen molar-refractivity contribution in [2.45, 2.75) is 57.3 Å². The Morgan fingerprint density at radius 1 is 1.39 bits per heavy atom. The second-order valence-corrected chi connectivity index (χ2v) is 9.61. The second-order valence-electron chi connectivity index (χ2n) is 7.42. The van der Waals surface area contributed by atoms with Crippen molar-refractivity contribution in [3.05, 3.63) is 26.6 Å². The Morgan fingerprint density at radius 2 is 2.29 bits per heavy atom. The number of aryl methyl sites for hydroxylation is 2. The molecule has 6 nitrogen and oxygen atoms in total. The van der Waals surface area contributed by atoms with Crippen molar-refractivity contribution < 1.29 is 9.53 Å². The van der Waals surface area contributed by atoms with Crippen molar-refractivity contribution in [3.8, 4) is 0 Å². The molecule has 152 valence electrons. The van der Waals surface area contributed by atoms with Gasteiger partial charge in [-0.2, -0.15) is 11.8 Å². The van der Waals surface area contributed by atoms with E-state index >= 15 is 0 Å². The van der Waals surface area contributed by atoms with E-state index in [2.05, 4.69) is 9.97 Å². The second kappa shape index (κ2) is 8.97. The highest BCUT2D eigenvalue weighted by Gasteiger charge is 2.22. The summed E-state index contributed by atoms with van der Waals surface area (Å²) in [7, 11) is 0. The molecule has 0 saturated carbocycles. The van der Waals surface area contributed by atoms with Crippen LogP contribution in [0, 0.1) is 0 Å². The minimum atomic E-state index is -0.00945. The number of hydrogen-bond donors (Lipinski definition) is 1. The molecule has 2 aliphatic rings. The van der Waals surface area contributed by atoms with Gasteiger partial charge in [-0.05, 0) is 44.6 Å². The number of carbonyl (C=O) groups is 1. The van der Waals surface area contributed by atoms with Crippen molar-refractivity contribution in [1.29, 1.82) is 0 Å². The van der Waals surface area contributed by atoms with Crippen molar-refractivity contribution in [2.75, 3.05) is 25.4 Å². The van der Waals surface area contributed by atoms with Crippen LogP contribution in [-0.4, -0.2) is 52.3 Å². The number of rotatable bonds is 8. The molecule has 8 heteroatoms. The Bertz CT molecular complexity index is 902. The number of nitrogens with zero attached hydrogens (tertiary/aromatic N) is 2. The number of amides is 1. The van der Waals surface area contributed by atoms with E-state index in [1.807, 2.05) is 11.8 Å². The fraction of sp³-hybridized carbons (Fsp3) is 0.650. The van der Waals surface area contributed by atoms with Crippen LogP contribution in [0.25, 0.3) is 10.2 Å². The third-order valence-electron chi connectivity index (χ3n) is 5.51. The predicted octanol–water partition coefficient (Wildman–Crippen LogP) is 3.12. The third kappa shape index (κ3) is 4.28. The van der Waals surface area contributed by atoms with E-state index < -0.39 is 0 Å². The summed E-state index contributed by atoms with van der Waals surface area (Å²) in [6, 6.07) is 0. The fourth-order valence-corrected chi connectivity index (χ4v) is 6.12. The average molecular weight is 422 g/mol. The van der Waals surface area contributed by atoms with Gasteiger partial charge in [-0.1, -0.05) is 0 Å². The molecular formula is C20H27N3O3S2. The molecule has 1 fully saturated rings. The van der Waals surface area contributed by atoms with Crippen LogP contribution in [0.1, 0.15) is 48.9 Å². The first-order chi connectivity index (χ1) is 13.7. The van der Waals surface area contributed by atoms with Crippen LogP contribution in [0.2, 0.25) is 0 Å². The molecule has 2 aromatic heterocycles. The maximum atomic E-state index is 12.5. The van der Waals surface area contributed by atoms with Crippen LogP contribution >= 0.6 is 23.1 Å². The molecule has 1 atom stereocenters. The van der Waals surface area contributed by atoms with Crippen LogP contribution in [0.4, 0.5) is 0 Å². The predicted molar refractivity (Wildman–Crippen MR) is 114 cm³/mol. The summed E-state index contributed by atoms with van der Waals surface area (Å²) in [4.78, 5) is 36.7. The summed E-state index contributed by atoms with van der Waals surface area (Å²) in [5.41, 5.74) is 1.20. The molecule has 1 aliphatic carbocycles. The SMILES string of the molecule is CCN(CC1CCCO1)C(=O)CCSCc1nc2sc3c(c2c(=O)[nH]1)CCC3. The van der Waals surface area contributed by atoms with E-state index in [1.165, 1.54) is 10.4 Å². The van der Waals surface area contributed by atoms with Gasteiger partial charge < -0.3 is 14.6 Å². The van der Waals surface area contributed by atoms with Crippen molar-refractivity contribution >= 4 is 39.2 Å². The fourth-order valence-electron chi connectivity index (χ4n) is 4.04. The van der Waals surface area contributed by atoms with Gasteiger partial charge in [0.2, 0.25) is 5.91 Å². The van der Waals surface area contributed by atoms with Gasteiger partial charge in [-0.25, -0.2) is 4.98 Å². The van der Waals surface area contributed by atoms with Crippen molar-refractivity contribution in [2.24, 2.45) is 0 Å². The number of H-pyrrole nitrogens is 1. The Balaban J connectivity index is 1.29. The largest absolute Gasteiger partial charge is 0.376 e. The summed E-state index contributed by atoms with van der Waals surface area (Å²) < 4.78 is 5.65. The lowest BCUT2D eigenvalue weighted by Crippen LogP contribution is -2.37. The lowest BCUT2D eigenvalue weighted by molar-refractivity contribution is -0.132. The zero-order valence-electron chi connectivity index (χ0n) is 16.3. The topological polar surface area (TPSA) is 75.3 Å². The van der Waals surface area contributed by atoms with E-state index in [0.717, 1.165) is 61.2 Å². The maximum absolute atomic E-state index is 12.5. The number of thiophene rings is 1. The lowest BCUT2D eigenvalue weighted by Gasteiger charge is -2.24. The van der Waals surface area contributed by atoms with Gasteiger partial charge in [0.05, 0.1) is 17.2 Å². The molecule has 28 heavy (non-hydrogen) atoms. The molecule has 0 bridgehead atoms. The van der Waals surface area contributed by atoms with E-state index in [9.17, 15) is 9.59 Å². The van der Waals surface area contributed by atoms with Crippen LogP contribution in [0.15, 0.2) is 4.79 Å². The first kappa shape index (κ1) is 19.9. The highest BCUT2D eigenvalue weighted by molar-refractivity contribution is 7.98. The first-order valence-corrected chi connectivity index (χ1v) is 12.1. The van der Waals surface area contributed by atoms with Crippen LogP contribution < -0.4 is 5.56 Å². The van der Waals surface area contributed by atoms with Crippen LogP contribution in [0.5, 0.6) is 0 Å². The van der Waals surface area contributed by atoms with E-state index in [-0.39, 0.29) is 17.6 Å². The minimum Gasteiger partial charge on any atom is -0.376 e. The van der Waals surface area contributed by atoms with Crippen LogP contribution in [-0.2, 0) is 28.1 Å². The normalized spacial score (nSPS) is 18.7. The standard InChI is InChI=1S/C20H27N3O3S2/c1-2-23(11-13-5-4-9-26-13)17(24)8-10-27-12-16-21-19(25)18-14-6-3-7-15(14)28-20(18)22-16/h13H,2-12H2,1H3,(H,21,22,25). The first-order valence-electron chi connectivity index (χ1n) is 10.2. The van der Waals surface area contributed by atoms with Gasteiger partial charge in [-0.3, -0.25) is 9.59 Å². The number of aromatic nitrogens is 2. The van der Waals surface area contributed by atoms with E-state index in [1.54, 1.807) is 23.1 Å². The molecule has 0 aromatic carbocycles.